The zero-order valence-corrected chi connectivity index (χ0v) is 25.8. The van der Waals surface area contributed by atoms with Crippen LogP contribution in [0.2, 0.25) is 0 Å². The van der Waals surface area contributed by atoms with E-state index in [9.17, 15) is 34.1 Å². The van der Waals surface area contributed by atoms with Crippen LogP contribution in [0.4, 0.5) is 0 Å². The van der Waals surface area contributed by atoms with Gasteiger partial charge >= 0.3 is 20.0 Å². The number of unbranched alkanes of at least 4 members (excludes halogenated alkanes) is 1. The Morgan fingerprint density at radius 1 is 1.00 bits per heavy atom. The molecule has 2 rings (SSSR count). The summed E-state index contributed by atoms with van der Waals surface area (Å²) in [7, 11) is -4.70. The first-order valence-electron chi connectivity index (χ1n) is 14.6. The van der Waals surface area contributed by atoms with Crippen LogP contribution in [0.25, 0.3) is 0 Å². The van der Waals surface area contributed by atoms with Crippen molar-refractivity contribution in [3.05, 3.63) is 89.2 Å². The van der Waals surface area contributed by atoms with Crippen molar-refractivity contribution in [2.45, 2.75) is 89.3 Å². The van der Waals surface area contributed by atoms with Gasteiger partial charge in [0.15, 0.2) is 6.23 Å². The molecule has 13 heteroatoms. The SMILES string of the molecule is CC/C=C\C/C=C\C/C=C\C/C=C\C/C=C\CCCC(=O)Cc1ccn(C2OC(COP(=O)(O)OC=O)C(O)C2O)c(=O)n1. The van der Waals surface area contributed by atoms with E-state index in [-0.39, 0.29) is 24.4 Å². The molecule has 2 heterocycles. The molecule has 44 heavy (non-hydrogen) atoms. The Kier molecular flexibility index (Phi) is 17.3. The molecular weight excluding hydrogens is 591 g/mol. The fraction of sp³-hybridized carbons (Fsp3) is 0.484. The molecule has 1 aromatic heterocycles. The van der Waals surface area contributed by atoms with Gasteiger partial charge in [0.25, 0.3) is 0 Å². The highest BCUT2D eigenvalue weighted by Gasteiger charge is 2.45. The molecule has 5 unspecified atom stereocenters. The average Bonchev–Trinajstić information content (AvgIpc) is 3.26. The standard InChI is InChI=1S/C31H43N2O10P/c1-2-3-4-5-6-7-8-9-10-11-12-13-14-15-16-17-18-19-26(35)22-25-20-21-33(31(38)32-25)30-29(37)28(36)27(43-30)23-41-44(39,40)42-24-34/h3-4,6-7,9-10,12-13,15-16,20-21,24,27-30,36-37H,2,5,8,11,14,17-19,22-23H2,1H3,(H,39,40)/b4-3-,7-6-,10-9-,13-12-,16-15-. The number of phosphoric acid groups is 1. The van der Waals surface area contributed by atoms with Gasteiger partial charge < -0.3 is 19.5 Å². The number of rotatable bonds is 21. The highest BCUT2D eigenvalue weighted by atomic mass is 31.2. The summed E-state index contributed by atoms with van der Waals surface area (Å²) in [5, 5.41) is 20.5. The van der Waals surface area contributed by atoms with Gasteiger partial charge in [-0.1, -0.05) is 67.7 Å². The number of allylic oxidation sites excluding steroid dienone is 10. The topological polar surface area (TPSA) is 174 Å². The number of ether oxygens (including phenoxy) is 1. The first-order chi connectivity index (χ1) is 21.2. The molecule has 0 saturated carbocycles. The predicted molar refractivity (Wildman–Crippen MR) is 164 cm³/mol. The molecule has 1 aliphatic heterocycles. The Morgan fingerprint density at radius 2 is 1.59 bits per heavy atom. The van der Waals surface area contributed by atoms with Gasteiger partial charge in [0.2, 0.25) is 0 Å². The van der Waals surface area contributed by atoms with Crippen LogP contribution in [0.5, 0.6) is 0 Å². The molecule has 1 aliphatic rings. The van der Waals surface area contributed by atoms with E-state index in [1.807, 2.05) is 6.08 Å². The normalized spacial score (nSPS) is 22.2. The van der Waals surface area contributed by atoms with Crippen LogP contribution < -0.4 is 5.69 Å². The summed E-state index contributed by atoms with van der Waals surface area (Å²) in [6, 6.07) is 1.44. The summed E-state index contributed by atoms with van der Waals surface area (Å²) in [5.41, 5.74) is -0.560. The maximum Gasteiger partial charge on any atom is 0.529 e. The summed E-state index contributed by atoms with van der Waals surface area (Å²) in [4.78, 5) is 48.4. The molecule has 12 nitrogen and oxygen atoms in total. The molecule has 3 N–H and O–H groups in total. The van der Waals surface area contributed by atoms with Crippen LogP contribution in [0, 0.1) is 0 Å². The lowest BCUT2D eigenvalue weighted by Gasteiger charge is -2.17. The van der Waals surface area contributed by atoms with Crippen molar-refractivity contribution in [3.63, 3.8) is 0 Å². The largest absolute Gasteiger partial charge is 0.529 e. The van der Waals surface area contributed by atoms with E-state index in [2.05, 4.69) is 75.6 Å². The Hall–Kier alpha value is -3.25. The fourth-order valence-corrected chi connectivity index (χ4v) is 4.67. The Labute approximate surface area is 257 Å². The monoisotopic (exact) mass is 634 g/mol. The third kappa shape index (κ3) is 14.0. The summed E-state index contributed by atoms with van der Waals surface area (Å²) in [5.74, 6) is -0.0715. The fourth-order valence-electron chi connectivity index (χ4n) is 4.17. The molecule has 0 spiro atoms. The van der Waals surface area contributed by atoms with Gasteiger partial charge in [-0.15, -0.1) is 0 Å². The quantitative estimate of drug-likeness (QED) is 0.0766. The minimum absolute atomic E-state index is 0.0303. The number of Topliss-reactive ketones (excluding diaryl/α,β-unsaturated/α-hetero) is 1. The van der Waals surface area contributed by atoms with Crippen LogP contribution in [0.1, 0.15) is 70.2 Å². The van der Waals surface area contributed by atoms with Crippen LogP contribution >= 0.6 is 7.82 Å². The maximum absolute atomic E-state index is 12.6. The number of carbonyl (C=O) groups excluding carboxylic acids is 2. The summed E-state index contributed by atoms with van der Waals surface area (Å²) >= 11 is 0. The lowest BCUT2D eigenvalue weighted by molar-refractivity contribution is -0.122. The smallest absolute Gasteiger partial charge is 0.387 e. The van der Waals surface area contributed by atoms with Gasteiger partial charge in [-0.05, 0) is 51.0 Å². The molecule has 1 saturated heterocycles. The van der Waals surface area contributed by atoms with Crippen LogP contribution in [-0.2, 0) is 34.4 Å². The summed E-state index contributed by atoms with van der Waals surface area (Å²) < 4.78 is 26.3. The summed E-state index contributed by atoms with van der Waals surface area (Å²) in [6.45, 7) is 1.15. The Balaban J connectivity index is 1.68. The number of aliphatic hydroxyl groups is 2. The number of carbonyl (C=O) groups is 2. The van der Waals surface area contributed by atoms with Crippen LogP contribution in [-0.4, -0.2) is 61.8 Å². The Bertz CT molecular complexity index is 1290. The molecule has 0 aromatic carbocycles. The van der Waals surface area contributed by atoms with Crippen molar-refractivity contribution in [1.29, 1.82) is 0 Å². The lowest BCUT2D eigenvalue weighted by Crippen LogP contribution is -2.36. The van der Waals surface area contributed by atoms with Crippen molar-refractivity contribution in [2.75, 3.05) is 6.61 Å². The van der Waals surface area contributed by atoms with E-state index in [0.29, 0.717) is 12.8 Å². The van der Waals surface area contributed by atoms with Gasteiger partial charge in [0, 0.05) is 19.0 Å². The van der Waals surface area contributed by atoms with E-state index in [1.54, 1.807) is 0 Å². The minimum Gasteiger partial charge on any atom is -0.387 e. The van der Waals surface area contributed by atoms with E-state index >= 15 is 0 Å². The van der Waals surface area contributed by atoms with Crippen molar-refractivity contribution in [1.82, 2.24) is 9.55 Å². The zero-order valence-electron chi connectivity index (χ0n) is 24.9. The number of hydrogen-bond donors (Lipinski definition) is 3. The number of hydrogen-bond acceptors (Lipinski definition) is 10. The van der Waals surface area contributed by atoms with Crippen molar-refractivity contribution >= 4 is 20.1 Å². The first kappa shape index (κ1) is 36.9. The second-order valence-electron chi connectivity index (χ2n) is 9.94. The van der Waals surface area contributed by atoms with Crippen LogP contribution in [0.15, 0.2) is 77.8 Å². The van der Waals surface area contributed by atoms with Gasteiger partial charge in [-0.25, -0.2) is 9.36 Å². The minimum atomic E-state index is -4.70. The van der Waals surface area contributed by atoms with E-state index in [0.717, 1.165) is 43.1 Å². The molecule has 0 bridgehead atoms. The molecule has 1 fully saturated rings. The van der Waals surface area contributed by atoms with Crippen molar-refractivity contribution in [3.8, 4) is 0 Å². The molecule has 1 aromatic rings. The lowest BCUT2D eigenvalue weighted by atomic mass is 10.1. The van der Waals surface area contributed by atoms with Gasteiger partial charge in [-0.2, -0.15) is 4.98 Å². The molecule has 0 amide bonds. The zero-order chi connectivity index (χ0) is 32.2. The molecule has 5 atom stereocenters. The number of nitrogens with zero attached hydrogens (tertiary/aromatic N) is 2. The van der Waals surface area contributed by atoms with Gasteiger partial charge in [0.05, 0.1) is 12.3 Å². The summed E-state index contributed by atoms with van der Waals surface area (Å²) in [6.07, 6.45) is 23.2. The number of phosphoric ester groups is 1. The third-order valence-corrected chi connectivity index (χ3v) is 7.27. The Morgan fingerprint density at radius 3 is 2.16 bits per heavy atom. The highest BCUT2D eigenvalue weighted by molar-refractivity contribution is 7.47. The van der Waals surface area contributed by atoms with E-state index in [4.69, 9.17) is 4.74 Å². The van der Waals surface area contributed by atoms with Crippen LogP contribution in [0.3, 0.4) is 0 Å². The van der Waals surface area contributed by atoms with Gasteiger partial charge in [-0.3, -0.25) is 23.6 Å². The molecule has 0 aliphatic carbocycles. The van der Waals surface area contributed by atoms with E-state index in [1.165, 1.54) is 12.3 Å². The van der Waals surface area contributed by atoms with Gasteiger partial charge in [0.1, 0.15) is 24.1 Å². The number of aromatic nitrogens is 2. The molecular formula is C31H43N2O10P. The average molecular weight is 635 g/mol. The first-order valence-corrected chi connectivity index (χ1v) is 16.1. The molecule has 242 valence electrons. The van der Waals surface area contributed by atoms with E-state index < -0.39 is 44.7 Å². The predicted octanol–water partition coefficient (Wildman–Crippen LogP) is 4.19. The molecule has 0 radical (unpaired) electrons. The van der Waals surface area contributed by atoms with Crippen molar-refractivity contribution in [2.24, 2.45) is 0 Å². The third-order valence-electron chi connectivity index (χ3n) is 6.44. The highest BCUT2D eigenvalue weighted by Crippen LogP contribution is 2.43. The maximum atomic E-state index is 12.6. The second-order valence-corrected chi connectivity index (χ2v) is 11.3. The second kappa shape index (κ2) is 20.7. The number of aliphatic hydroxyl groups excluding tert-OH is 2. The number of ketones is 1. The van der Waals surface area contributed by atoms with Crippen molar-refractivity contribution < 1.29 is 43.0 Å².